The van der Waals surface area contributed by atoms with Gasteiger partial charge in [-0.3, -0.25) is 9.59 Å². The van der Waals surface area contributed by atoms with E-state index in [1.807, 2.05) is 12.1 Å². The lowest BCUT2D eigenvalue weighted by Gasteiger charge is -2.27. The van der Waals surface area contributed by atoms with Crippen LogP contribution in [-0.4, -0.2) is 47.3 Å². The van der Waals surface area contributed by atoms with Crippen LogP contribution in [0.3, 0.4) is 0 Å². The summed E-state index contributed by atoms with van der Waals surface area (Å²) in [5, 5.41) is 0. The van der Waals surface area contributed by atoms with E-state index >= 15 is 0 Å². The fraction of sp³-hybridized carbons (Fsp3) is 0.241. The largest absolute Gasteiger partial charge is 0.496 e. The van der Waals surface area contributed by atoms with E-state index in [1.165, 1.54) is 28.4 Å². The SMILES string of the molecule is COc1cc(OC)c(OC)cc1/C=C1\Oc2c(ccc3c2[C@H](c2cccc(OC)c2OC)CC(=O)O3)C1=O. The molecule has 0 bridgehead atoms. The first-order chi connectivity index (χ1) is 18.4. The van der Waals surface area contributed by atoms with Crippen LogP contribution in [-0.2, 0) is 4.79 Å². The molecule has 0 N–H and O–H groups in total. The number of para-hydroxylation sites is 1. The highest BCUT2D eigenvalue weighted by atomic mass is 16.5. The summed E-state index contributed by atoms with van der Waals surface area (Å²) in [6.07, 6.45) is 1.62. The van der Waals surface area contributed by atoms with Crippen molar-refractivity contribution in [1.82, 2.24) is 0 Å². The predicted octanol–water partition coefficient (Wildman–Crippen LogP) is 4.79. The van der Waals surface area contributed by atoms with Crippen molar-refractivity contribution in [2.45, 2.75) is 12.3 Å². The zero-order valence-corrected chi connectivity index (χ0v) is 21.6. The molecule has 0 radical (unpaired) electrons. The van der Waals surface area contributed by atoms with Crippen molar-refractivity contribution in [2.75, 3.05) is 35.5 Å². The Kier molecular flexibility index (Phi) is 6.59. The molecule has 9 nitrogen and oxygen atoms in total. The monoisotopic (exact) mass is 518 g/mol. The smallest absolute Gasteiger partial charge is 0.312 e. The number of carbonyl (C=O) groups excluding carboxylic acids is 2. The molecule has 2 aliphatic rings. The highest BCUT2D eigenvalue weighted by molar-refractivity contribution is 6.15. The summed E-state index contributed by atoms with van der Waals surface area (Å²) in [5.74, 6) is 1.99. The number of fused-ring (bicyclic) bond motifs is 3. The lowest BCUT2D eigenvalue weighted by Crippen LogP contribution is -2.22. The summed E-state index contributed by atoms with van der Waals surface area (Å²) in [6, 6.07) is 12.0. The fourth-order valence-electron chi connectivity index (χ4n) is 4.86. The maximum Gasteiger partial charge on any atom is 0.312 e. The van der Waals surface area contributed by atoms with Gasteiger partial charge >= 0.3 is 5.97 Å². The van der Waals surface area contributed by atoms with E-state index in [4.69, 9.17) is 33.2 Å². The Morgan fingerprint density at radius 3 is 2.18 bits per heavy atom. The van der Waals surface area contributed by atoms with Crippen molar-refractivity contribution in [2.24, 2.45) is 0 Å². The number of hydrogen-bond donors (Lipinski definition) is 0. The van der Waals surface area contributed by atoms with Crippen molar-refractivity contribution in [3.63, 3.8) is 0 Å². The van der Waals surface area contributed by atoms with Gasteiger partial charge in [-0.15, -0.1) is 0 Å². The average Bonchev–Trinajstić information content (AvgIpc) is 3.26. The van der Waals surface area contributed by atoms with Crippen LogP contribution in [0.1, 0.15) is 39.4 Å². The first-order valence-electron chi connectivity index (χ1n) is 11.8. The molecular formula is C29H26O9. The second-order valence-corrected chi connectivity index (χ2v) is 8.56. The van der Waals surface area contributed by atoms with Gasteiger partial charge < -0.3 is 33.2 Å². The lowest BCUT2D eigenvalue weighted by molar-refractivity contribution is -0.135. The highest BCUT2D eigenvalue weighted by Gasteiger charge is 2.40. The molecular weight excluding hydrogens is 492 g/mol. The van der Waals surface area contributed by atoms with E-state index in [-0.39, 0.29) is 18.0 Å². The quantitative estimate of drug-likeness (QED) is 0.248. The van der Waals surface area contributed by atoms with Gasteiger partial charge in [0.2, 0.25) is 5.78 Å². The maximum atomic E-state index is 13.5. The molecule has 2 aliphatic heterocycles. The predicted molar refractivity (Wildman–Crippen MR) is 137 cm³/mol. The van der Waals surface area contributed by atoms with Crippen molar-refractivity contribution in [3.8, 4) is 40.2 Å². The number of Topliss-reactive ketones (excluding diaryl/α,β-unsaturated/α-hetero) is 1. The number of rotatable bonds is 7. The number of carbonyl (C=O) groups is 2. The molecule has 0 amide bonds. The summed E-state index contributed by atoms with van der Waals surface area (Å²) >= 11 is 0. The maximum absolute atomic E-state index is 13.5. The van der Waals surface area contributed by atoms with Crippen LogP contribution in [0.2, 0.25) is 0 Å². The van der Waals surface area contributed by atoms with E-state index in [0.29, 0.717) is 62.5 Å². The zero-order chi connectivity index (χ0) is 27.0. The Hall–Kier alpha value is -4.66. The zero-order valence-electron chi connectivity index (χ0n) is 21.6. The van der Waals surface area contributed by atoms with Crippen molar-refractivity contribution < 1.29 is 42.7 Å². The minimum atomic E-state index is -0.492. The van der Waals surface area contributed by atoms with Gasteiger partial charge in [0.05, 0.1) is 47.5 Å². The van der Waals surface area contributed by atoms with Crippen LogP contribution in [0.5, 0.6) is 40.2 Å². The van der Waals surface area contributed by atoms with Crippen LogP contribution < -0.4 is 33.2 Å². The van der Waals surface area contributed by atoms with Crippen molar-refractivity contribution in [1.29, 1.82) is 0 Å². The van der Waals surface area contributed by atoms with E-state index in [9.17, 15) is 9.59 Å². The van der Waals surface area contributed by atoms with Gasteiger partial charge in [0.1, 0.15) is 17.2 Å². The molecule has 196 valence electrons. The number of esters is 1. The van der Waals surface area contributed by atoms with Crippen LogP contribution in [0, 0.1) is 0 Å². The molecule has 9 heteroatoms. The van der Waals surface area contributed by atoms with Gasteiger partial charge in [-0.05, 0) is 30.3 Å². The molecule has 0 aliphatic carbocycles. The fourth-order valence-corrected chi connectivity index (χ4v) is 4.86. The molecule has 0 saturated carbocycles. The molecule has 3 aromatic rings. The van der Waals surface area contributed by atoms with Crippen LogP contribution in [0.4, 0.5) is 0 Å². The van der Waals surface area contributed by atoms with E-state index < -0.39 is 11.9 Å². The number of allylic oxidation sites excluding steroid dienone is 1. The summed E-state index contributed by atoms with van der Waals surface area (Å²) in [7, 11) is 7.65. The summed E-state index contributed by atoms with van der Waals surface area (Å²) < 4.78 is 39.1. The normalized spacial score (nSPS) is 16.8. The number of ketones is 1. The molecule has 38 heavy (non-hydrogen) atoms. The Balaban J connectivity index is 1.63. The molecule has 0 unspecified atom stereocenters. The third kappa shape index (κ3) is 4.06. The molecule has 1 atom stereocenters. The van der Waals surface area contributed by atoms with Crippen LogP contribution >= 0.6 is 0 Å². The number of benzene rings is 3. The van der Waals surface area contributed by atoms with Gasteiger partial charge in [-0.1, -0.05) is 12.1 Å². The molecule has 0 fully saturated rings. The van der Waals surface area contributed by atoms with Gasteiger partial charge in [0.25, 0.3) is 0 Å². The second kappa shape index (κ2) is 10.0. The first-order valence-corrected chi connectivity index (χ1v) is 11.8. The van der Waals surface area contributed by atoms with E-state index in [0.717, 1.165) is 0 Å². The molecule has 3 aromatic carbocycles. The van der Waals surface area contributed by atoms with E-state index in [2.05, 4.69) is 0 Å². The number of methoxy groups -OCH3 is 5. The molecule has 0 saturated heterocycles. The Bertz CT molecular complexity index is 1470. The molecule has 5 rings (SSSR count). The standard InChI is InChI=1S/C29H26O9/c1-32-20-8-6-7-16(28(20)36-5)18-13-25(30)37-19-10-9-17-27(31)24(38-29(17)26(18)19)12-15-11-22(34-3)23(35-4)14-21(15)33-2/h6-12,14,18H,13H2,1-5H3/b24-12-/t18-/m0/s1. The van der Waals surface area contributed by atoms with Crippen LogP contribution in [0.25, 0.3) is 6.08 Å². The minimum absolute atomic E-state index is 0.0348. The van der Waals surface area contributed by atoms with Crippen molar-refractivity contribution >= 4 is 17.8 Å². The third-order valence-corrected chi connectivity index (χ3v) is 6.61. The molecule has 0 aromatic heterocycles. The molecule has 0 spiro atoms. The minimum Gasteiger partial charge on any atom is -0.496 e. The van der Waals surface area contributed by atoms with Gasteiger partial charge in [-0.2, -0.15) is 0 Å². The summed E-state index contributed by atoms with van der Waals surface area (Å²) in [6.45, 7) is 0. The Morgan fingerprint density at radius 1 is 0.789 bits per heavy atom. The lowest BCUT2D eigenvalue weighted by atomic mass is 9.84. The van der Waals surface area contributed by atoms with Crippen LogP contribution in [0.15, 0.2) is 48.2 Å². The Labute approximate surface area is 219 Å². The summed E-state index contributed by atoms with van der Waals surface area (Å²) in [4.78, 5) is 26.0. The average molecular weight is 519 g/mol. The van der Waals surface area contributed by atoms with Gasteiger partial charge in [0.15, 0.2) is 28.8 Å². The van der Waals surface area contributed by atoms with E-state index in [1.54, 1.807) is 43.5 Å². The number of ether oxygens (including phenoxy) is 7. The van der Waals surface area contributed by atoms with Gasteiger partial charge in [0, 0.05) is 28.7 Å². The van der Waals surface area contributed by atoms with Gasteiger partial charge in [-0.25, -0.2) is 0 Å². The topological polar surface area (TPSA) is 98.8 Å². The second-order valence-electron chi connectivity index (χ2n) is 8.56. The molecule has 2 heterocycles. The number of hydrogen-bond acceptors (Lipinski definition) is 9. The Morgan fingerprint density at radius 2 is 1.50 bits per heavy atom. The van der Waals surface area contributed by atoms with Crippen molar-refractivity contribution in [3.05, 3.63) is 70.5 Å². The first kappa shape index (κ1) is 25.0. The summed E-state index contributed by atoms with van der Waals surface area (Å²) in [5.41, 5.74) is 2.23. The highest BCUT2D eigenvalue weighted by Crippen LogP contribution is 2.51. The third-order valence-electron chi connectivity index (χ3n) is 6.61.